The zero-order valence-corrected chi connectivity index (χ0v) is 24.6. The highest BCUT2D eigenvalue weighted by Gasteiger charge is 2.20. The molecule has 1 saturated heterocycles. The van der Waals surface area contributed by atoms with Crippen LogP contribution in [-0.2, 0) is 16.4 Å². The molecule has 1 aromatic heterocycles. The Morgan fingerprint density at radius 1 is 1.00 bits per heavy atom. The van der Waals surface area contributed by atoms with Crippen molar-refractivity contribution in [1.29, 1.82) is 0 Å². The van der Waals surface area contributed by atoms with Gasteiger partial charge < -0.3 is 19.5 Å². The van der Waals surface area contributed by atoms with E-state index in [4.69, 9.17) is 9.47 Å². The van der Waals surface area contributed by atoms with Crippen LogP contribution in [0.2, 0.25) is 0 Å². The summed E-state index contributed by atoms with van der Waals surface area (Å²) in [6.45, 7) is 2.32. The van der Waals surface area contributed by atoms with Gasteiger partial charge in [0.25, 0.3) is 0 Å². The van der Waals surface area contributed by atoms with Crippen LogP contribution in [0.25, 0.3) is 20.5 Å². The minimum absolute atomic E-state index is 0.221. The molecule has 0 saturated carbocycles. The Morgan fingerprint density at radius 2 is 1.73 bits per heavy atom. The molecule has 1 unspecified atom stereocenters. The van der Waals surface area contributed by atoms with Crippen LogP contribution in [0, 0.1) is 0 Å². The molecule has 7 nitrogen and oxygen atoms in total. The monoisotopic (exact) mass is 580 g/mol. The number of nitrogens with one attached hydrogen (secondary N) is 1. The summed E-state index contributed by atoms with van der Waals surface area (Å²) in [5.74, 6) is 1.83. The van der Waals surface area contributed by atoms with Gasteiger partial charge >= 0.3 is 0 Å². The molecule has 2 heterocycles. The van der Waals surface area contributed by atoms with Gasteiger partial charge in [-0.2, -0.15) is 0 Å². The van der Waals surface area contributed by atoms with E-state index < -0.39 is 10.0 Å². The van der Waals surface area contributed by atoms with Crippen LogP contribution in [0.3, 0.4) is 0 Å². The lowest BCUT2D eigenvalue weighted by molar-refractivity contribution is 0.125. The molecule has 3 aromatic carbocycles. The summed E-state index contributed by atoms with van der Waals surface area (Å²) in [5.41, 5.74) is 3.46. The fourth-order valence-electron chi connectivity index (χ4n) is 5.10. The van der Waals surface area contributed by atoms with Gasteiger partial charge in [-0.3, -0.25) is 0 Å². The highest BCUT2D eigenvalue weighted by Crippen LogP contribution is 2.41. The predicted octanol–water partition coefficient (Wildman–Crippen LogP) is 5.66. The molecule has 0 radical (unpaired) electrons. The average molecular weight is 581 g/mol. The molecule has 1 fully saturated rings. The average Bonchev–Trinajstić information content (AvgIpc) is 3.28. The van der Waals surface area contributed by atoms with Gasteiger partial charge in [0.15, 0.2) is 0 Å². The van der Waals surface area contributed by atoms with E-state index in [1.165, 1.54) is 29.7 Å². The van der Waals surface area contributed by atoms with Crippen molar-refractivity contribution in [3.05, 3.63) is 77.9 Å². The molecule has 5 rings (SSSR count). The highest BCUT2D eigenvalue weighted by atomic mass is 32.2. The standard InChI is InChI=1S/C31H36N2O5S2/c1-33-17-4-3-5-24(33)21-38-27-13-8-23(9-14-27)31-29(28-15-10-25(34)20-30(28)39-31)19-22-6-11-26(12-7-22)37-18-16-32-40(2,35)36/h6-15,20,24,32,34H,3-5,16-19,21H2,1-2H3. The molecule has 0 bridgehead atoms. The van der Waals surface area contributed by atoms with Crippen molar-refractivity contribution in [2.24, 2.45) is 0 Å². The van der Waals surface area contributed by atoms with Crippen LogP contribution >= 0.6 is 11.3 Å². The molecule has 0 aliphatic carbocycles. The third-order valence-electron chi connectivity index (χ3n) is 7.30. The van der Waals surface area contributed by atoms with Gasteiger partial charge in [-0.05, 0) is 110 Å². The van der Waals surface area contributed by atoms with Crippen LogP contribution in [-0.4, -0.2) is 64.1 Å². The number of rotatable bonds is 11. The highest BCUT2D eigenvalue weighted by molar-refractivity contribution is 7.88. The van der Waals surface area contributed by atoms with Crippen LogP contribution in [0.15, 0.2) is 66.7 Å². The molecule has 40 heavy (non-hydrogen) atoms. The fraction of sp³-hybridized carbons (Fsp3) is 0.355. The van der Waals surface area contributed by atoms with E-state index in [-0.39, 0.29) is 18.9 Å². The second-order valence-electron chi connectivity index (χ2n) is 10.4. The topological polar surface area (TPSA) is 88.1 Å². The lowest BCUT2D eigenvalue weighted by Gasteiger charge is -2.32. The third-order valence-corrected chi connectivity index (χ3v) is 9.27. The summed E-state index contributed by atoms with van der Waals surface area (Å²) in [6.07, 6.45) is 5.56. The van der Waals surface area contributed by atoms with Crippen molar-refractivity contribution < 1.29 is 23.0 Å². The summed E-state index contributed by atoms with van der Waals surface area (Å²) >= 11 is 1.68. The Hall–Kier alpha value is -3.11. The first-order valence-corrected chi connectivity index (χ1v) is 16.3. The molecule has 212 valence electrons. The number of nitrogens with zero attached hydrogens (tertiary/aromatic N) is 1. The molecule has 0 amide bonds. The zero-order valence-electron chi connectivity index (χ0n) is 22.9. The van der Waals surface area contributed by atoms with Gasteiger partial charge in [0, 0.05) is 22.2 Å². The first kappa shape index (κ1) is 28.4. The number of hydrogen-bond acceptors (Lipinski definition) is 7. The van der Waals surface area contributed by atoms with E-state index >= 15 is 0 Å². The Morgan fingerprint density at radius 3 is 2.45 bits per heavy atom. The normalized spacial score (nSPS) is 16.3. The van der Waals surface area contributed by atoms with Gasteiger partial charge in [-0.15, -0.1) is 11.3 Å². The number of phenols is 1. The maximum atomic E-state index is 11.2. The second kappa shape index (κ2) is 12.6. The van der Waals surface area contributed by atoms with Crippen LogP contribution in [0.4, 0.5) is 0 Å². The lowest BCUT2D eigenvalue weighted by atomic mass is 9.99. The van der Waals surface area contributed by atoms with Crippen molar-refractivity contribution in [3.63, 3.8) is 0 Å². The SMILES string of the molecule is CN1CCCCC1COc1ccc(-c2sc3cc(O)ccc3c2Cc2ccc(OCCNS(C)(=O)=O)cc2)cc1. The van der Waals surface area contributed by atoms with Gasteiger partial charge in [-0.1, -0.05) is 18.6 Å². The first-order valence-electron chi connectivity index (χ1n) is 13.6. The molecular formula is C31H36N2O5S2. The van der Waals surface area contributed by atoms with Crippen LogP contribution < -0.4 is 14.2 Å². The fourth-order valence-corrected chi connectivity index (χ4v) is 6.81. The smallest absolute Gasteiger partial charge is 0.208 e. The van der Waals surface area contributed by atoms with E-state index in [1.807, 2.05) is 36.4 Å². The molecule has 1 atom stereocenters. The summed E-state index contributed by atoms with van der Waals surface area (Å²) < 4.78 is 37.7. The maximum Gasteiger partial charge on any atom is 0.208 e. The largest absolute Gasteiger partial charge is 0.508 e. The predicted molar refractivity (Wildman–Crippen MR) is 162 cm³/mol. The number of benzene rings is 3. The van der Waals surface area contributed by atoms with Gasteiger partial charge in [-0.25, -0.2) is 13.1 Å². The van der Waals surface area contributed by atoms with Gasteiger partial charge in [0.1, 0.15) is 30.5 Å². The van der Waals surface area contributed by atoms with E-state index in [2.05, 4.69) is 40.9 Å². The number of likely N-dealkylation sites (N-methyl/N-ethyl adjacent to an activating group) is 1. The van der Waals surface area contributed by atoms with E-state index in [0.717, 1.165) is 46.2 Å². The number of piperidine rings is 1. The molecule has 4 aromatic rings. The Kier molecular flexibility index (Phi) is 8.95. The molecule has 0 spiro atoms. The number of hydrogen-bond donors (Lipinski definition) is 2. The Bertz CT molecular complexity index is 1530. The molecule has 2 N–H and O–H groups in total. The Labute approximate surface area is 240 Å². The number of aromatic hydroxyl groups is 1. The van der Waals surface area contributed by atoms with Gasteiger partial charge in [0.2, 0.25) is 10.0 Å². The van der Waals surface area contributed by atoms with Crippen molar-refractivity contribution in [1.82, 2.24) is 9.62 Å². The van der Waals surface area contributed by atoms with Crippen LogP contribution in [0.1, 0.15) is 30.4 Å². The first-order chi connectivity index (χ1) is 19.2. The summed E-state index contributed by atoms with van der Waals surface area (Å²) in [5, 5.41) is 11.2. The second-order valence-corrected chi connectivity index (χ2v) is 13.3. The van der Waals surface area contributed by atoms with E-state index in [9.17, 15) is 13.5 Å². The minimum Gasteiger partial charge on any atom is -0.508 e. The molecule has 9 heteroatoms. The summed E-state index contributed by atoms with van der Waals surface area (Å²) in [4.78, 5) is 3.57. The molecular weight excluding hydrogens is 544 g/mol. The van der Waals surface area contributed by atoms with Crippen molar-refractivity contribution in [2.45, 2.75) is 31.7 Å². The van der Waals surface area contributed by atoms with Crippen molar-refractivity contribution in [2.75, 3.05) is 39.6 Å². The molecule has 1 aliphatic rings. The number of likely N-dealkylation sites (tertiary alicyclic amines) is 1. The number of phenolic OH excluding ortho intramolecular Hbond substituents is 1. The number of fused-ring (bicyclic) bond motifs is 1. The minimum atomic E-state index is -3.23. The van der Waals surface area contributed by atoms with Crippen molar-refractivity contribution >= 4 is 31.4 Å². The van der Waals surface area contributed by atoms with Gasteiger partial charge in [0.05, 0.1) is 6.26 Å². The lowest BCUT2D eigenvalue weighted by Crippen LogP contribution is -2.40. The third kappa shape index (κ3) is 7.34. The quantitative estimate of drug-likeness (QED) is 0.223. The number of thiophene rings is 1. The van der Waals surface area contributed by atoms with E-state index in [0.29, 0.717) is 18.4 Å². The van der Waals surface area contributed by atoms with Crippen molar-refractivity contribution in [3.8, 4) is 27.7 Å². The Balaban J connectivity index is 1.31. The number of sulfonamides is 1. The van der Waals surface area contributed by atoms with Crippen LogP contribution in [0.5, 0.6) is 17.2 Å². The maximum absolute atomic E-state index is 11.2. The zero-order chi connectivity index (χ0) is 28.1. The molecule has 1 aliphatic heterocycles. The summed E-state index contributed by atoms with van der Waals surface area (Å²) in [6, 6.07) is 22.3. The number of ether oxygens (including phenoxy) is 2. The van der Waals surface area contributed by atoms with E-state index in [1.54, 1.807) is 17.4 Å². The summed E-state index contributed by atoms with van der Waals surface area (Å²) in [7, 11) is -1.05.